The molecule has 2 aromatic heterocycles. The summed E-state index contributed by atoms with van der Waals surface area (Å²) in [4.78, 5) is 14.1. The van der Waals surface area contributed by atoms with Crippen molar-refractivity contribution in [2.45, 2.75) is 12.5 Å². The number of fused-ring (bicyclic) bond motifs is 1. The highest BCUT2D eigenvalue weighted by atomic mass is 32.2. The Bertz CT molecular complexity index is 881. The molecule has 2 aliphatic heterocycles. The predicted octanol–water partition coefficient (Wildman–Crippen LogP) is 2.42. The monoisotopic (exact) mass is 366 g/mol. The number of benzene rings is 1. The van der Waals surface area contributed by atoms with E-state index in [-0.39, 0.29) is 0 Å². The van der Waals surface area contributed by atoms with Gasteiger partial charge in [-0.15, -0.1) is 0 Å². The van der Waals surface area contributed by atoms with Gasteiger partial charge in [0.2, 0.25) is 0 Å². The summed E-state index contributed by atoms with van der Waals surface area (Å²) < 4.78 is 1.87. The molecule has 0 amide bonds. The fourth-order valence-electron chi connectivity index (χ4n) is 3.90. The van der Waals surface area contributed by atoms with Crippen molar-refractivity contribution < 1.29 is 0 Å². The van der Waals surface area contributed by atoms with Gasteiger partial charge in [0, 0.05) is 49.6 Å². The summed E-state index contributed by atoms with van der Waals surface area (Å²) in [6, 6.07) is 13.2. The van der Waals surface area contributed by atoms with Gasteiger partial charge in [-0.2, -0.15) is 26.4 Å². The number of piperazine rings is 1. The van der Waals surface area contributed by atoms with Gasteiger partial charge < -0.3 is 4.90 Å². The van der Waals surface area contributed by atoms with E-state index >= 15 is 0 Å². The molecule has 2 fully saturated rings. The lowest BCUT2D eigenvalue weighted by Gasteiger charge is -2.38. The second kappa shape index (κ2) is 6.89. The third-order valence-corrected chi connectivity index (χ3v) is 6.51. The SMILES string of the molecule is c1ccc(-c2cc(N3CCN([C@H]4CCSC4)CC3)n3ncnc3n2)cc1. The second-order valence-electron chi connectivity index (χ2n) is 6.88. The van der Waals surface area contributed by atoms with Gasteiger partial charge in [0.1, 0.15) is 12.1 Å². The number of anilines is 1. The average molecular weight is 366 g/mol. The Labute approximate surface area is 157 Å². The predicted molar refractivity (Wildman–Crippen MR) is 106 cm³/mol. The molecule has 6 nitrogen and oxygen atoms in total. The van der Waals surface area contributed by atoms with E-state index in [0.717, 1.165) is 49.3 Å². The van der Waals surface area contributed by atoms with Gasteiger partial charge in [-0.05, 0) is 12.2 Å². The smallest absolute Gasteiger partial charge is 0.254 e. The van der Waals surface area contributed by atoms with Crippen LogP contribution in [-0.2, 0) is 0 Å². The average Bonchev–Trinajstić information content (AvgIpc) is 3.40. The summed E-state index contributed by atoms with van der Waals surface area (Å²) in [5.41, 5.74) is 2.07. The quantitative estimate of drug-likeness (QED) is 0.710. The van der Waals surface area contributed by atoms with Crippen LogP contribution >= 0.6 is 11.8 Å². The van der Waals surface area contributed by atoms with E-state index in [4.69, 9.17) is 0 Å². The van der Waals surface area contributed by atoms with E-state index in [1.165, 1.54) is 17.9 Å². The molecule has 4 heterocycles. The van der Waals surface area contributed by atoms with E-state index in [0.29, 0.717) is 5.78 Å². The lowest BCUT2D eigenvalue weighted by Crippen LogP contribution is -2.51. The maximum atomic E-state index is 4.69. The first-order valence-corrected chi connectivity index (χ1v) is 10.4. The number of thioether (sulfide) groups is 1. The number of nitrogens with zero attached hydrogens (tertiary/aromatic N) is 6. The van der Waals surface area contributed by atoms with Crippen molar-refractivity contribution in [1.82, 2.24) is 24.5 Å². The molecule has 2 saturated heterocycles. The molecule has 0 saturated carbocycles. The van der Waals surface area contributed by atoms with Crippen LogP contribution in [0.5, 0.6) is 0 Å². The van der Waals surface area contributed by atoms with Crippen LogP contribution in [0.1, 0.15) is 6.42 Å². The Kier molecular flexibility index (Phi) is 4.26. The van der Waals surface area contributed by atoms with Crippen molar-refractivity contribution >= 4 is 23.4 Å². The van der Waals surface area contributed by atoms with Gasteiger partial charge in [0.15, 0.2) is 0 Å². The molecule has 0 bridgehead atoms. The number of aromatic nitrogens is 4. The second-order valence-corrected chi connectivity index (χ2v) is 8.03. The van der Waals surface area contributed by atoms with Crippen molar-refractivity contribution in [2.75, 3.05) is 42.6 Å². The van der Waals surface area contributed by atoms with Gasteiger partial charge >= 0.3 is 0 Å². The molecule has 134 valence electrons. The van der Waals surface area contributed by atoms with Gasteiger partial charge in [0.25, 0.3) is 5.78 Å². The molecule has 1 aromatic carbocycles. The first-order chi connectivity index (χ1) is 12.9. The van der Waals surface area contributed by atoms with Crippen LogP contribution in [0.3, 0.4) is 0 Å². The van der Waals surface area contributed by atoms with Crippen molar-refractivity contribution in [3.8, 4) is 11.3 Å². The van der Waals surface area contributed by atoms with E-state index in [9.17, 15) is 0 Å². The zero-order valence-electron chi connectivity index (χ0n) is 14.7. The zero-order valence-corrected chi connectivity index (χ0v) is 15.5. The molecular formula is C19H22N6S. The van der Waals surface area contributed by atoms with Crippen molar-refractivity contribution in [1.29, 1.82) is 0 Å². The number of hydrogen-bond acceptors (Lipinski definition) is 6. The Morgan fingerprint density at radius 1 is 1.04 bits per heavy atom. The fourth-order valence-corrected chi connectivity index (χ4v) is 5.16. The highest BCUT2D eigenvalue weighted by Gasteiger charge is 2.27. The largest absolute Gasteiger partial charge is 0.354 e. The fraction of sp³-hybridized carbons (Fsp3) is 0.421. The van der Waals surface area contributed by atoms with Crippen LogP contribution in [-0.4, -0.2) is 68.2 Å². The molecule has 2 aliphatic rings. The van der Waals surface area contributed by atoms with Crippen LogP contribution < -0.4 is 4.90 Å². The van der Waals surface area contributed by atoms with Crippen LogP contribution in [0, 0.1) is 0 Å². The van der Waals surface area contributed by atoms with E-state index in [2.05, 4.69) is 54.8 Å². The number of hydrogen-bond donors (Lipinski definition) is 0. The molecule has 5 rings (SSSR count). The Morgan fingerprint density at radius 2 is 1.88 bits per heavy atom. The summed E-state index contributed by atoms with van der Waals surface area (Å²) in [5, 5.41) is 4.41. The Morgan fingerprint density at radius 3 is 2.65 bits per heavy atom. The van der Waals surface area contributed by atoms with E-state index in [1.807, 2.05) is 22.7 Å². The topological polar surface area (TPSA) is 49.6 Å². The molecule has 0 radical (unpaired) electrons. The van der Waals surface area contributed by atoms with E-state index in [1.54, 1.807) is 6.33 Å². The first kappa shape index (κ1) is 16.1. The maximum absolute atomic E-state index is 4.69. The van der Waals surface area contributed by atoms with Gasteiger partial charge in [-0.3, -0.25) is 4.90 Å². The Hall–Kier alpha value is -2.12. The van der Waals surface area contributed by atoms with Crippen molar-refractivity contribution in [3.63, 3.8) is 0 Å². The van der Waals surface area contributed by atoms with Crippen LogP contribution in [0.15, 0.2) is 42.7 Å². The molecule has 3 aromatic rings. The van der Waals surface area contributed by atoms with Gasteiger partial charge in [-0.1, -0.05) is 30.3 Å². The normalized spacial score (nSPS) is 21.5. The summed E-state index contributed by atoms with van der Waals surface area (Å²) in [7, 11) is 0. The lowest BCUT2D eigenvalue weighted by atomic mass is 10.1. The third kappa shape index (κ3) is 2.95. The highest BCUT2D eigenvalue weighted by Crippen LogP contribution is 2.27. The maximum Gasteiger partial charge on any atom is 0.254 e. The standard InChI is InChI=1S/C19H22N6S/c1-2-4-15(5-3-1)17-12-18(25-19(22-17)20-14-21-25)24-9-7-23(8-10-24)16-6-11-26-13-16/h1-5,12,14,16H,6-11,13H2/t16-/m0/s1. The van der Waals surface area contributed by atoms with Crippen molar-refractivity contribution in [2.24, 2.45) is 0 Å². The number of rotatable bonds is 3. The summed E-state index contributed by atoms with van der Waals surface area (Å²) >= 11 is 2.09. The molecule has 26 heavy (non-hydrogen) atoms. The molecule has 0 aliphatic carbocycles. The Balaban J connectivity index is 1.44. The van der Waals surface area contributed by atoms with Crippen LogP contribution in [0.4, 0.5) is 5.82 Å². The van der Waals surface area contributed by atoms with E-state index < -0.39 is 0 Å². The van der Waals surface area contributed by atoms with Gasteiger partial charge in [-0.25, -0.2) is 4.98 Å². The van der Waals surface area contributed by atoms with Crippen LogP contribution in [0.25, 0.3) is 17.0 Å². The summed E-state index contributed by atoms with van der Waals surface area (Å²) in [6.07, 6.45) is 2.93. The minimum atomic E-state index is 0.663. The zero-order chi connectivity index (χ0) is 17.3. The van der Waals surface area contributed by atoms with Crippen molar-refractivity contribution in [3.05, 3.63) is 42.7 Å². The summed E-state index contributed by atoms with van der Waals surface area (Å²) in [6.45, 7) is 4.28. The minimum Gasteiger partial charge on any atom is -0.354 e. The molecule has 0 spiro atoms. The summed E-state index contributed by atoms with van der Waals surface area (Å²) in [5.74, 6) is 4.36. The molecule has 0 N–H and O–H groups in total. The molecule has 7 heteroatoms. The van der Waals surface area contributed by atoms with Crippen LogP contribution in [0.2, 0.25) is 0 Å². The highest BCUT2D eigenvalue weighted by molar-refractivity contribution is 7.99. The molecular weight excluding hydrogens is 344 g/mol. The lowest BCUT2D eigenvalue weighted by molar-refractivity contribution is 0.200. The molecule has 1 atom stereocenters. The first-order valence-electron chi connectivity index (χ1n) is 9.21. The molecule has 0 unspecified atom stereocenters. The van der Waals surface area contributed by atoms with Gasteiger partial charge in [0.05, 0.1) is 5.69 Å². The third-order valence-electron chi connectivity index (χ3n) is 5.36. The minimum absolute atomic E-state index is 0.663.